The van der Waals surface area contributed by atoms with Gasteiger partial charge in [-0.15, -0.1) is 24.0 Å². The van der Waals surface area contributed by atoms with Gasteiger partial charge in [-0.05, 0) is 52.1 Å². The van der Waals surface area contributed by atoms with Gasteiger partial charge in [-0.3, -0.25) is 4.99 Å². The molecule has 0 spiro atoms. The van der Waals surface area contributed by atoms with Crippen molar-refractivity contribution in [2.75, 3.05) is 33.2 Å². The molecule has 0 aromatic heterocycles. The first-order valence-corrected chi connectivity index (χ1v) is 11.0. The number of hydrogen-bond acceptors (Lipinski definition) is 4. The zero-order valence-corrected chi connectivity index (χ0v) is 21.9. The summed E-state index contributed by atoms with van der Waals surface area (Å²) in [6.45, 7) is 11.7. The number of piperidine rings is 1. The molecule has 0 radical (unpaired) electrons. The van der Waals surface area contributed by atoms with E-state index in [9.17, 15) is 4.79 Å². The van der Waals surface area contributed by atoms with Gasteiger partial charge in [0.25, 0.3) is 0 Å². The highest BCUT2D eigenvalue weighted by atomic mass is 127. The average molecular weight is 546 g/mol. The van der Waals surface area contributed by atoms with E-state index >= 15 is 0 Å². The molecule has 1 aromatic carbocycles. The molecule has 176 valence electrons. The molecule has 0 aliphatic carbocycles. The number of ether oxygens (including phenoxy) is 1. The number of rotatable bonds is 7. The van der Waals surface area contributed by atoms with E-state index in [1.54, 1.807) is 7.05 Å². The molecule has 0 bridgehead atoms. The van der Waals surface area contributed by atoms with E-state index in [2.05, 4.69) is 32.8 Å². The largest absolute Gasteiger partial charge is 0.444 e. The summed E-state index contributed by atoms with van der Waals surface area (Å²) in [5, 5.41) is 9.89. The maximum Gasteiger partial charge on any atom is 0.408 e. The summed E-state index contributed by atoms with van der Waals surface area (Å²) in [7, 11) is 1.78. The number of nitrogens with one attached hydrogen (secondary N) is 3. The van der Waals surface area contributed by atoms with Crippen molar-refractivity contribution in [1.82, 2.24) is 20.9 Å². The summed E-state index contributed by atoms with van der Waals surface area (Å²) in [6, 6.07) is 10.1. The molecule has 7 nitrogen and oxygen atoms in total. The Hall–Kier alpha value is -1.55. The van der Waals surface area contributed by atoms with Crippen molar-refractivity contribution < 1.29 is 9.53 Å². The number of nitrogens with zero attached hydrogens (tertiary/aromatic N) is 2. The molecule has 1 aliphatic rings. The second-order valence-electron chi connectivity index (χ2n) is 8.82. The topological polar surface area (TPSA) is 78.0 Å². The Morgan fingerprint density at radius 1 is 1.23 bits per heavy atom. The number of carbonyl (C=O) groups is 1. The van der Waals surface area contributed by atoms with Crippen molar-refractivity contribution in [3.63, 3.8) is 0 Å². The first-order valence-electron chi connectivity index (χ1n) is 11.0. The van der Waals surface area contributed by atoms with Crippen LogP contribution >= 0.6 is 24.0 Å². The van der Waals surface area contributed by atoms with Crippen molar-refractivity contribution >= 4 is 36.0 Å². The predicted octanol–water partition coefficient (Wildman–Crippen LogP) is 3.91. The van der Waals surface area contributed by atoms with Crippen LogP contribution in [0.4, 0.5) is 4.79 Å². The van der Waals surface area contributed by atoms with Crippen LogP contribution in [0, 0.1) is 0 Å². The lowest BCUT2D eigenvalue weighted by molar-refractivity contribution is 0.0504. The SMILES string of the molecule is CCCN1CCC(NC(=NC)NCC(NC(=O)OC(C)(C)C)c2ccccc2)CC1.I. The molecular formula is C23H40IN5O2. The van der Waals surface area contributed by atoms with E-state index in [1.165, 1.54) is 13.0 Å². The highest BCUT2D eigenvalue weighted by Gasteiger charge is 2.22. The Morgan fingerprint density at radius 2 is 1.87 bits per heavy atom. The number of benzene rings is 1. The predicted molar refractivity (Wildman–Crippen MR) is 138 cm³/mol. The van der Waals surface area contributed by atoms with Crippen LogP contribution in [0.3, 0.4) is 0 Å². The minimum absolute atomic E-state index is 0. The molecule has 1 saturated heterocycles. The molecule has 8 heteroatoms. The average Bonchev–Trinajstić information content (AvgIpc) is 2.71. The number of alkyl carbamates (subject to hydrolysis) is 1. The van der Waals surface area contributed by atoms with Crippen LogP contribution < -0.4 is 16.0 Å². The minimum atomic E-state index is -0.539. The van der Waals surface area contributed by atoms with Gasteiger partial charge in [-0.2, -0.15) is 0 Å². The Balaban J connectivity index is 0.00000480. The molecule has 1 heterocycles. The fourth-order valence-electron chi connectivity index (χ4n) is 3.59. The number of hydrogen-bond donors (Lipinski definition) is 3. The van der Waals surface area contributed by atoms with Crippen molar-refractivity contribution in [2.24, 2.45) is 4.99 Å². The standard InChI is InChI=1S/C23H39N5O2.HI/c1-6-14-28-15-12-19(13-16-28)26-21(24-5)25-17-20(18-10-8-7-9-11-18)27-22(29)30-23(2,3)4;/h7-11,19-20H,6,12-17H2,1-5H3,(H,27,29)(H2,24,25,26);1H. The second-order valence-corrected chi connectivity index (χ2v) is 8.82. The molecule has 1 aromatic rings. The van der Waals surface area contributed by atoms with Gasteiger partial charge in [0.1, 0.15) is 5.60 Å². The smallest absolute Gasteiger partial charge is 0.408 e. The Bertz CT molecular complexity index is 670. The molecule has 1 fully saturated rings. The third kappa shape index (κ3) is 10.5. The van der Waals surface area contributed by atoms with Gasteiger partial charge in [-0.25, -0.2) is 4.79 Å². The minimum Gasteiger partial charge on any atom is -0.444 e. The Labute approximate surface area is 204 Å². The van der Waals surface area contributed by atoms with E-state index in [-0.39, 0.29) is 30.0 Å². The molecular weight excluding hydrogens is 505 g/mol. The van der Waals surface area contributed by atoms with Gasteiger partial charge in [0.05, 0.1) is 6.04 Å². The van der Waals surface area contributed by atoms with Crippen molar-refractivity contribution in [1.29, 1.82) is 0 Å². The number of carbonyl (C=O) groups excluding carboxylic acids is 1. The van der Waals surface area contributed by atoms with E-state index < -0.39 is 11.7 Å². The van der Waals surface area contributed by atoms with Crippen LogP contribution in [0.15, 0.2) is 35.3 Å². The number of amides is 1. The number of likely N-dealkylation sites (tertiary alicyclic amines) is 1. The van der Waals surface area contributed by atoms with Gasteiger partial charge in [0, 0.05) is 32.7 Å². The number of guanidine groups is 1. The lowest BCUT2D eigenvalue weighted by atomic mass is 10.0. The van der Waals surface area contributed by atoms with Crippen LogP contribution in [0.25, 0.3) is 0 Å². The first-order chi connectivity index (χ1) is 14.3. The monoisotopic (exact) mass is 545 g/mol. The number of halogens is 1. The van der Waals surface area contributed by atoms with Crippen LogP contribution in [0.2, 0.25) is 0 Å². The van der Waals surface area contributed by atoms with Crippen molar-refractivity contribution in [2.45, 2.75) is 64.6 Å². The van der Waals surface area contributed by atoms with E-state index in [0.717, 1.165) is 37.5 Å². The summed E-state index contributed by atoms with van der Waals surface area (Å²) in [5.74, 6) is 0.760. The lowest BCUT2D eigenvalue weighted by Crippen LogP contribution is -2.50. The normalized spacial score (nSPS) is 16.7. The van der Waals surface area contributed by atoms with Gasteiger partial charge in [0.2, 0.25) is 0 Å². The molecule has 31 heavy (non-hydrogen) atoms. The highest BCUT2D eigenvalue weighted by molar-refractivity contribution is 14.0. The van der Waals surface area contributed by atoms with Crippen molar-refractivity contribution in [3.8, 4) is 0 Å². The summed E-state index contributed by atoms with van der Waals surface area (Å²) in [4.78, 5) is 19.2. The first kappa shape index (κ1) is 27.5. The molecule has 1 atom stereocenters. The molecule has 1 aliphatic heterocycles. The van der Waals surface area contributed by atoms with Crippen LogP contribution in [0.5, 0.6) is 0 Å². The van der Waals surface area contributed by atoms with E-state index in [1.807, 2.05) is 51.1 Å². The maximum absolute atomic E-state index is 12.3. The van der Waals surface area contributed by atoms with Gasteiger partial charge in [0.15, 0.2) is 5.96 Å². The second kappa shape index (κ2) is 13.8. The van der Waals surface area contributed by atoms with E-state index in [0.29, 0.717) is 12.6 Å². The Morgan fingerprint density at radius 3 is 2.42 bits per heavy atom. The summed E-state index contributed by atoms with van der Waals surface area (Å²) in [5.41, 5.74) is 0.474. The van der Waals surface area contributed by atoms with Crippen molar-refractivity contribution in [3.05, 3.63) is 35.9 Å². The maximum atomic E-state index is 12.3. The van der Waals surface area contributed by atoms with Crippen LogP contribution in [0.1, 0.15) is 58.6 Å². The molecule has 3 N–H and O–H groups in total. The molecule has 1 unspecified atom stereocenters. The van der Waals surface area contributed by atoms with Crippen LogP contribution in [-0.4, -0.2) is 61.8 Å². The van der Waals surface area contributed by atoms with Crippen LogP contribution in [-0.2, 0) is 4.74 Å². The third-order valence-electron chi connectivity index (χ3n) is 5.06. The van der Waals surface area contributed by atoms with Gasteiger partial charge in [-0.1, -0.05) is 37.3 Å². The van der Waals surface area contributed by atoms with Gasteiger partial charge < -0.3 is 25.6 Å². The zero-order valence-electron chi connectivity index (χ0n) is 19.6. The molecule has 0 saturated carbocycles. The number of aliphatic imine (C=N–C) groups is 1. The summed E-state index contributed by atoms with van der Waals surface area (Å²) >= 11 is 0. The molecule has 1 amide bonds. The third-order valence-corrected chi connectivity index (χ3v) is 5.06. The quantitative estimate of drug-likeness (QED) is 0.275. The fraction of sp³-hybridized carbons (Fsp3) is 0.652. The summed E-state index contributed by atoms with van der Waals surface area (Å²) < 4.78 is 5.45. The van der Waals surface area contributed by atoms with E-state index in [4.69, 9.17) is 4.74 Å². The fourth-order valence-corrected chi connectivity index (χ4v) is 3.59. The Kier molecular flexibility index (Phi) is 12.2. The summed E-state index contributed by atoms with van der Waals surface area (Å²) in [6.07, 6.45) is 2.99. The lowest BCUT2D eigenvalue weighted by Gasteiger charge is -2.33. The highest BCUT2D eigenvalue weighted by Crippen LogP contribution is 2.14. The molecule has 2 rings (SSSR count). The van der Waals surface area contributed by atoms with Gasteiger partial charge >= 0.3 is 6.09 Å². The zero-order chi connectivity index (χ0) is 22.0.